The Kier molecular flexibility index (Phi) is 3.27. The van der Waals surface area contributed by atoms with Gasteiger partial charge in [0.15, 0.2) is 5.78 Å². The summed E-state index contributed by atoms with van der Waals surface area (Å²) in [7, 11) is 1.59. The van der Waals surface area contributed by atoms with Crippen LogP contribution in [-0.4, -0.2) is 12.9 Å². The van der Waals surface area contributed by atoms with E-state index in [4.69, 9.17) is 10.5 Å². The number of ketones is 1. The predicted molar refractivity (Wildman–Crippen MR) is 66.1 cm³/mol. The Labute approximate surface area is 96.6 Å². The highest BCUT2D eigenvalue weighted by Crippen LogP contribution is 2.36. The third-order valence-corrected chi connectivity index (χ3v) is 2.54. The second-order valence-electron chi connectivity index (χ2n) is 4.95. The van der Waals surface area contributed by atoms with Crippen LogP contribution in [0.1, 0.15) is 43.6 Å². The minimum Gasteiger partial charge on any atom is -0.494 e. The van der Waals surface area contributed by atoms with E-state index in [-0.39, 0.29) is 11.2 Å². The molecule has 0 heterocycles. The number of methoxy groups -OCH3 is 1. The summed E-state index contributed by atoms with van der Waals surface area (Å²) in [6, 6.07) is 3.52. The van der Waals surface area contributed by atoms with Crippen LogP contribution in [0.25, 0.3) is 0 Å². The highest BCUT2D eigenvalue weighted by atomic mass is 16.5. The summed E-state index contributed by atoms with van der Waals surface area (Å²) in [6.45, 7) is 7.73. The van der Waals surface area contributed by atoms with Gasteiger partial charge in [0.1, 0.15) is 5.75 Å². The van der Waals surface area contributed by atoms with Gasteiger partial charge >= 0.3 is 0 Å². The largest absolute Gasteiger partial charge is 0.494 e. The molecule has 0 unspecified atom stereocenters. The van der Waals surface area contributed by atoms with Gasteiger partial charge in [-0.25, -0.2) is 0 Å². The Bertz CT molecular complexity index is 417. The molecule has 0 amide bonds. The van der Waals surface area contributed by atoms with Crippen molar-refractivity contribution in [1.82, 2.24) is 0 Å². The first-order valence-corrected chi connectivity index (χ1v) is 5.26. The third kappa shape index (κ3) is 2.35. The zero-order chi connectivity index (χ0) is 12.5. The van der Waals surface area contributed by atoms with Gasteiger partial charge in [0.05, 0.1) is 12.8 Å². The van der Waals surface area contributed by atoms with Gasteiger partial charge in [-0.1, -0.05) is 20.8 Å². The first kappa shape index (κ1) is 12.6. The van der Waals surface area contributed by atoms with Gasteiger partial charge in [0.2, 0.25) is 0 Å². The Balaban J connectivity index is 3.49. The lowest BCUT2D eigenvalue weighted by Gasteiger charge is -2.23. The summed E-state index contributed by atoms with van der Waals surface area (Å²) in [6.07, 6.45) is 0. The van der Waals surface area contributed by atoms with E-state index in [1.54, 1.807) is 13.2 Å². The monoisotopic (exact) mass is 221 g/mol. The van der Waals surface area contributed by atoms with Crippen LogP contribution in [0.5, 0.6) is 5.75 Å². The molecule has 1 rings (SSSR count). The van der Waals surface area contributed by atoms with Crippen LogP contribution >= 0.6 is 0 Å². The number of anilines is 1. The Morgan fingerprint density at radius 2 is 1.88 bits per heavy atom. The molecule has 0 atom stereocenters. The van der Waals surface area contributed by atoms with Crippen LogP contribution in [0.2, 0.25) is 0 Å². The maximum absolute atomic E-state index is 11.4. The number of ether oxygens (including phenoxy) is 1. The van der Waals surface area contributed by atoms with Crippen LogP contribution in [-0.2, 0) is 5.41 Å². The maximum Gasteiger partial charge on any atom is 0.159 e. The zero-order valence-electron chi connectivity index (χ0n) is 10.5. The van der Waals surface area contributed by atoms with Crippen LogP contribution in [0.4, 0.5) is 5.69 Å². The molecular formula is C13H19NO2. The minimum absolute atomic E-state index is 0.0138. The summed E-state index contributed by atoms with van der Waals surface area (Å²) in [4.78, 5) is 11.4. The smallest absolute Gasteiger partial charge is 0.159 e. The topological polar surface area (TPSA) is 52.3 Å². The van der Waals surface area contributed by atoms with Crippen LogP contribution in [0, 0.1) is 0 Å². The molecule has 16 heavy (non-hydrogen) atoms. The van der Waals surface area contributed by atoms with Gasteiger partial charge in [-0.05, 0) is 24.5 Å². The zero-order valence-corrected chi connectivity index (χ0v) is 10.5. The molecule has 0 radical (unpaired) electrons. The van der Waals surface area contributed by atoms with Crippen molar-refractivity contribution in [2.45, 2.75) is 33.1 Å². The Hall–Kier alpha value is -1.51. The van der Waals surface area contributed by atoms with Crippen molar-refractivity contribution in [2.24, 2.45) is 0 Å². The van der Waals surface area contributed by atoms with E-state index in [2.05, 4.69) is 20.8 Å². The molecule has 0 aromatic heterocycles. The molecule has 0 aliphatic heterocycles. The Morgan fingerprint density at radius 3 is 2.25 bits per heavy atom. The lowest BCUT2D eigenvalue weighted by atomic mass is 9.84. The van der Waals surface area contributed by atoms with Gasteiger partial charge in [0, 0.05) is 11.1 Å². The number of benzene rings is 1. The number of Topliss-reactive ketones (excluding diaryl/α,β-unsaturated/α-hetero) is 1. The maximum atomic E-state index is 11.4. The molecular weight excluding hydrogens is 202 g/mol. The van der Waals surface area contributed by atoms with Crippen molar-refractivity contribution in [3.63, 3.8) is 0 Å². The van der Waals surface area contributed by atoms with Gasteiger partial charge in [0.25, 0.3) is 0 Å². The average Bonchev–Trinajstić information content (AvgIpc) is 2.14. The number of hydrogen-bond acceptors (Lipinski definition) is 3. The van der Waals surface area contributed by atoms with E-state index >= 15 is 0 Å². The quantitative estimate of drug-likeness (QED) is 0.617. The van der Waals surface area contributed by atoms with Gasteiger partial charge in [-0.15, -0.1) is 0 Å². The van der Waals surface area contributed by atoms with Crippen LogP contribution < -0.4 is 10.5 Å². The number of hydrogen-bond donors (Lipinski definition) is 1. The number of rotatable bonds is 2. The molecule has 1 aromatic carbocycles. The summed E-state index contributed by atoms with van der Waals surface area (Å²) >= 11 is 0. The Morgan fingerprint density at radius 1 is 1.31 bits per heavy atom. The number of carbonyl (C=O) groups excluding carboxylic acids is 1. The third-order valence-electron chi connectivity index (χ3n) is 2.54. The molecule has 0 saturated heterocycles. The average molecular weight is 221 g/mol. The summed E-state index contributed by atoms with van der Waals surface area (Å²) in [5.74, 6) is 0.678. The normalized spacial score (nSPS) is 11.3. The van der Waals surface area contributed by atoms with E-state index in [0.29, 0.717) is 17.0 Å². The van der Waals surface area contributed by atoms with Crippen molar-refractivity contribution in [3.05, 3.63) is 23.3 Å². The van der Waals surface area contributed by atoms with E-state index < -0.39 is 0 Å². The number of nitrogen functional groups attached to an aromatic ring is 1. The molecule has 0 saturated carbocycles. The lowest BCUT2D eigenvalue weighted by Crippen LogP contribution is -2.15. The minimum atomic E-state index is -0.106. The van der Waals surface area contributed by atoms with E-state index in [9.17, 15) is 4.79 Å². The predicted octanol–water partition coefficient (Wildman–Crippen LogP) is 2.78. The second kappa shape index (κ2) is 4.16. The van der Waals surface area contributed by atoms with Gasteiger partial charge in [-0.3, -0.25) is 4.79 Å². The van der Waals surface area contributed by atoms with E-state index in [1.165, 1.54) is 6.92 Å². The highest BCUT2D eigenvalue weighted by molar-refractivity contribution is 5.95. The van der Waals surface area contributed by atoms with Gasteiger partial charge in [-0.2, -0.15) is 0 Å². The second-order valence-corrected chi connectivity index (χ2v) is 4.95. The number of carbonyl (C=O) groups is 1. The highest BCUT2D eigenvalue weighted by Gasteiger charge is 2.22. The molecule has 3 nitrogen and oxygen atoms in total. The first-order chi connectivity index (χ1) is 7.27. The first-order valence-electron chi connectivity index (χ1n) is 5.26. The summed E-state index contributed by atoms with van der Waals surface area (Å²) in [5.41, 5.74) is 7.88. The van der Waals surface area contributed by atoms with Crippen LogP contribution in [0.3, 0.4) is 0 Å². The number of nitrogens with two attached hydrogens (primary N) is 1. The molecule has 88 valence electrons. The SMILES string of the molecule is COc1c(N)cc(C(C)=O)cc1C(C)(C)C. The molecule has 3 heteroatoms. The van der Waals surface area contributed by atoms with E-state index in [1.807, 2.05) is 6.07 Å². The van der Waals surface area contributed by atoms with Crippen molar-refractivity contribution in [1.29, 1.82) is 0 Å². The van der Waals surface area contributed by atoms with Crippen molar-refractivity contribution in [3.8, 4) is 5.75 Å². The molecule has 1 aromatic rings. The molecule has 2 N–H and O–H groups in total. The fourth-order valence-corrected chi connectivity index (χ4v) is 1.64. The fourth-order valence-electron chi connectivity index (χ4n) is 1.64. The molecule has 0 bridgehead atoms. The standard InChI is InChI=1S/C13H19NO2/c1-8(15)9-6-10(13(2,3)4)12(16-5)11(14)7-9/h6-7H,14H2,1-5H3. The van der Waals surface area contributed by atoms with Crippen molar-refractivity contribution >= 4 is 11.5 Å². The van der Waals surface area contributed by atoms with Crippen molar-refractivity contribution in [2.75, 3.05) is 12.8 Å². The summed E-state index contributed by atoms with van der Waals surface area (Å²) < 4.78 is 5.30. The molecule has 0 fully saturated rings. The van der Waals surface area contributed by atoms with E-state index in [0.717, 1.165) is 5.56 Å². The fraction of sp³-hybridized carbons (Fsp3) is 0.462. The van der Waals surface area contributed by atoms with Crippen molar-refractivity contribution < 1.29 is 9.53 Å². The lowest BCUT2D eigenvalue weighted by molar-refractivity contribution is 0.101. The molecule has 0 aliphatic rings. The van der Waals surface area contributed by atoms with Gasteiger partial charge < -0.3 is 10.5 Å². The molecule has 0 spiro atoms. The summed E-state index contributed by atoms with van der Waals surface area (Å²) in [5, 5.41) is 0. The van der Waals surface area contributed by atoms with Crippen LogP contribution in [0.15, 0.2) is 12.1 Å². The molecule has 0 aliphatic carbocycles.